The molecule has 0 aromatic heterocycles. The Kier molecular flexibility index (Phi) is 3.26. The molecule has 1 fully saturated rings. The van der Waals surface area contributed by atoms with E-state index in [2.05, 4.69) is 31.3 Å². The lowest BCUT2D eigenvalue weighted by atomic mass is 9.81. The molecule has 2 rings (SSSR count). The molecule has 1 N–H and O–H groups in total. The molecular formula is C14H18N2. The number of benzene rings is 1. The Labute approximate surface area is 97.3 Å². The summed E-state index contributed by atoms with van der Waals surface area (Å²) in [6.45, 7) is 4.46. The Morgan fingerprint density at radius 2 is 2.19 bits per heavy atom. The van der Waals surface area contributed by atoms with Crippen LogP contribution in [0, 0.1) is 17.2 Å². The fourth-order valence-electron chi connectivity index (χ4n) is 2.37. The van der Waals surface area contributed by atoms with Crippen LogP contribution in [0.25, 0.3) is 0 Å². The number of nitrogens with zero attached hydrogens (tertiary/aromatic N) is 1. The number of rotatable bonds is 3. The second-order valence-corrected chi connectivity index (χ2v) is 4.90. The van der Waals surface area contributed by atoms with Gasteiger partial charge in [-0.1, -0.05) is 19.1 Å². The van der Waals surface area contributed by atoms with Crippen LogP contribution < -0.4 is 5.32 Å². The first-order chi connectivity index (χ1) is 7.69. The lowest BCUT2D eigenvalue weighted by molar-refractivity contribution is 0.226. The second-order valence-electron chi connectivity index (χ2n) is 4.90. The van der Waals surface area contributed by atoms with Gasteiger partial charge in [0.25, 0.3) is 0 Å². The number of hydrogen-bond acceptors (Lipinski definition) is 2. The maximum atomic E-state index is 8.85. The van der Waals surface area contributed by atoms with E-state index in [1.165, 1.54) is 18.4 Å². The Hall–Kier alpha value is -1.33. The summed E-state index contributed by atoms with van der Waals surface area (Å²) in [6.07, 6.45) is 2.56. The predicted octanol–water partition coefficient (Wildman–Crippen LogP) is 3.01. The third-order valence-electron chi connectivity index (χ3n) is 3.38. The number of nitriles is 1. The van der Waals surface area contributed by atoms with Crippen molar-refractivity contribution in [3.63, 3.8) is 0 Å². The number of nitrogens with one attached hydrogen (secondary N) is 1. The quantitative estimate of drug-likeness (QED) is 0.839. The van der Waals surface area contributed by atoms with Crippen LogP contribution in [-0.2, 0) is 0 Å². The zero-order valence-corrected chi connectivity index (χ0v) is 9.90. The molecule has 0 heterocycles. The Morgan fingerprint density at radius 3 is 2.81 bits per heavy atom. The van der Waals surface area contributed by atoms with Crippen LogP contribution in [-0.4, -0.2) is 6.04 Å². The van der Waals surface area contributed by atoms with Gasteiger partial charge in [0.05, 0.1) is 11.6 Å². The average molecular weight is 214 g/mol. The minimum atomic E-state index is 0.339. The van der Waals surface area contributed by atoms with Gasteiger partial charge in [-0.2, -0.15) is 5.26 Å². The first kappa shape index (κ1) is 11.2. The van der Waals surface area contributed by atoms with Crippen molar-refractivity contribution in [2.24, 2.45) is 5.92 Å². The van der Waals surface area contributed by atoms with Crippen molar-refractivity contribution in [3.05, 3.63) is 35.4 Å². The molecule has 2 heteroatoms. The van der Waals surface area contributed by atoms with Crippen molar-refractivity contribution in [2.45, 2.75) is 38.8 Å². The van der Waals surface area contributed by atoms with Gasteiger partial charge in [-0.3, -0.25) is 0 Å². The van der Waals surface area contributed by atoms with Crippen molar-refractivity contribution in [1.29, 1.82) is 5.26 Å². The van der Waals surface area contributed by atoms with Crippen molar-refractivity contribution in [1.82, 2.24) is 5.32 Å². The highest BCUT2D eigenvalue weighted by Crippen LogP contribution is 2.28. The third kappa shape index (κ3) is 2.43. The SMILES string of the molecule is CC1CC(NC(C)c2cccc(C#N)c2)C1. The minimum absolute atomic E-state index is 0.339. The van der Waals surface area contributed by atoms with Crippen molar-refractivity contribution < 1.29 is 0 Å². The molecule has 1 aromatic rings. The van der Waals surface area contributed by atoms with Crippen LogP contribution in [0.1, 0.15) is 43.9 Å². The summed E-state index contributed by atoms with van der Waals surface area (Å²) in [4.78, 5) is 0. The summed E-state index contributed by atoms with van der Waals surface area (Å²) in [6, 6.07) is 11.0. The van der Waals surface area contributed by atoms with E-state index in [1.807, 2.05) is 18.2 Å². The lowest BCUT2D eigenvalue weighted by Gasteiger charge is -2.35. The summed E-state index contributed by atoms with van der Waals surface area (Å²) in [7, 11) is 0. The van der Waals surface area contributed by atoms with Gasteiger partial charge in [0.15, 0.2) is 0 Å². The zero-order chi connectivity index (χ0) is 11.5. The second kappa shape index (κ2) is 4.67. The summed E-state index contributed by atoms with van der Waals surface area (Å²) in [5.74, 6) is 0.871. The van der Waals surface area contributed by atoms with Gasteiger partial charge in [-0.25, -0.2) is 0 Å². The summed E-state index contributed by atoms with van der Waals surface area (Å²) in [5.41, 5.74) is 1.95. The van der Waals surface area contributed by atoms with Gasteiger partial charge >= 0.3 is 0 Å². The molecule has 1 aliphatic rings. The fourth-order valence-corrected chi connectivity index (χ4v) is 2.37. The number of hydrogen-bond donors (Lipinski definition) is 1. The van der Waals surface area contributed by atoms with Crippen LogP contribution >= 0.6 is 0 Å². The first-order valence-corrected chi connectivity index (χ1v) is 5.95. The van der Waals surface area contributed by atoms with Gasteiger partial charge in [0.2, 0.25) is 0 Å². The van der Waals surface area contributed by atoms with Gasteiger partial charge in [-0.05, 0) is 43.4 Å². The summed E-state index contributed by atoms with van der Waals surface area (Å²) < 4.78 is 0. The molecule has 0 aliphatic heterocycles. The van der Waals surface area contributed by atoms with Crippen LogP contribution in [0.5, 0.6) is 0 Å². The molecule has 0 spiro atoms. The highest BCUT2D eigenvalue weighted by atomic mass is 15.0. The van der Waals surface area contributed by atoms with E-state index in [9.17, 15) is 0 Å². The summed E-state index contributed by atoms with van der Waals surface area (Å²) >= 11 is 0. The van der Waals surface area contributed by atoms with Crippen LogP contribution in [0.3, 0.4) is 0 Å². The smallest absolute Gasteiger partial charge is 0.0991 e. The molecule has 1 saturated carbocycles. The molecular weight excluding hydrogens is 196 g/mol. The molecule has 1 aliphatic carbocycles. The molecule has 1 aromatic carbocycles. The van der Waals surface area contributed by atoms with E-state index in [1.54, 1.807) is 0 Å². The van der Waals surface area contributed by atoms with Crippen LogP contribution in [0.15, 0.2) is 24.3 Å². The Bertz CT molecular complexity index is 399. The molecule has 0 radical (unpaired) electrons. The Morgan fingerprint density at radius 1 is 1.44 bits per heavy atom. The zero-order valence-electron chi connectivity index (χ0n) is 9.90. The molecule has 0 amide bonds. The maximum absolute atomic E-state index is 8.85. The van der Waals surface area contributed by atoms with E-state index >= 15 is 0 Å². The largest absolute Gasteiger partial charge is 0.307 e. The lowest BCUT2D eigenvalue weighted by Crippen LogP contribution is -2.41. The van der Waals surface area contributed by atoms with Gasteiger partial charge < -0.3 is 5.32 Å². The standard InChI is InChI=1S/C14H18N2/c1-10-6-14(7-10)16-11(2)13-5-3-4-12(8-13)9-15/h3-5,8,10-11,14,16H,6-7H2,1-2H3. The molecule has 84 valence electrons. The molecule has 0 saturated heterocycles. The van der Waals surface area contributed by atoms with Gasteiger partial charge in [0.1, 0.15) is 0 Å². The third-order valence-corrected chi connectivity index (χ3v) is 3.38. The first-order valence-electron chi connectivity index (χ1n) is 5.95. The van der Waals surface area contributed by atoms with Crippen molar-refractivity contribution in [2.75, 3.05) is 0 Å². The van der Waals surface area contributed by atoms with E-state index in [-0.39, 0.29) is 0 Å². The molecule has 0 bridgehead atoms. The molecule has 2 nitrogen and oxygen atoms in total. The van der Waals surface area contributed by atoms with E-state index in [4.69, 9.17) is 5.26 Å². The van der Waals surface area contributed by atoms with E-state index in [0.717, 1.165) is 11.5 Å². The highest BCUT2D eigenvalue weighted by Gasteiger charge is 2.26. The fraction of sp³-hybridized carbons (Fsp3) is 0.500. The minimum Gasteiger partial charge on any atom is -0.307 e. The molecule has 16 heavy (non-hydrogen) atoms. The average Bonchev–Trinajstić information content (AvgIpc) is 2.27. The summed E-state index contributed by atoms with van der Waals surface area (Å²) in [5, 5.41) is 12.5. The van der Waals surface area contributed by atoms with Crippen molar-refractivity contribution >= 4 is 0 Å². The molecule has 1 unspecified atom stereocenters. The van der Waals surface area contributed by atoms with Gasteiger partial charge in [0, 0.05) is 12.1 Å². The van der Waals surface area contributed by atoms with E-state index in [0.29, 0.717) is 12.1 Å². The monoisotopic (exact) mass is 214 g/mol. The van der Waals surface area contributed by atoms with Crippen molar-refractivity contribution in [3.8, 4) is 6.07 Å². The molecule has 1 atom stereocenters. The van der Waals surface area contributed by atoms with Crippen LogP contribution in [0.2, 0.25) is 0 Å². The van der Waals surface area contributed by atoms with Gasteiger partial charge in [-0.15, -0.1) is 0 Å². The normalized spacial score (nSPS) is 25.6. The Balaban J connectivity index is 1.98. The topological polar surface area (TPSA) is 35.8 Å². The highest BCUT2D eigenvalue weighted by molar-refractivity contribution is 5.34. The van der Waals surface area contributed by atoms with E-state index < -0.39 is 0 Å². The van der Waals surface area contributed by atoms with Crippen LogP contribution in [0.4, 0.5) is 0 Å². The maximum Gasteiger partial charge on any atom is 0.0991 e. The predicted molar refractivity (Wildman–Crippen MR) is 64.9 cm³/mol.